The summed E-state index contributed by atoms with van der Waals surface area (Å²) in [7, 11) is 0. The van der Waals surface area contributed by atoms with Crippen LogP contribution in [0.4, 0.5) is 0 Å². The molecule has 3 fully saturated rings. The Labute approximate surface area is 210 Å². The van der Waals surface area contributed by atoms with E-state index in [-0.39, 0.29) is 25.0 Å². The predicted molar refractivity (Wildman–Crippen MR) is 132 cm³/mol. The molecule has 3 aliphatic heterocycles. The predicted octanol–water partition coefficient (Wildman–Crippen LogP) is 3.07. The fraction of sp³-hybridized carbons (Fsp3) is 0.815. The Bertz CT molecular complexity index is 788. The van der Waals surface area contributed by atoms with Crippen LogP contribution in [0.1, 0.15) is 78.6 Å². The Balaban J connectivity index is 1.99. The highest BCUT2D eigenvalue weighted by Crippen LogP contribution is 2.64. The summed E-state index contributed by atoms with van der Waals surface area (Å²) in [5, 5.41) is 9.18. The van der Waals surface area contributed by atoms with Crippen LogP contribution >= 0.6 is 0 Å². The zero-order valence-electron chi connectivity index (χ0n) is 21.8. The number of rotatable bonds is 15. The van der Waals surface area contributed by atoms with E-state index >= 15 is 0 Å². The molecule has 3 rings (SSSR count). The van der Waals surface area contributed by atoms with Crippen molar-refractivity contribution in [3.63, 3.8) is 0 Å². The van der Waals surface area contributed by atoms with E-state index in [0.29, 0.717) is 51.7 Å². The summed E-state index contributed by atoms with van der Waals surface area (Å²) in [4.78, 5) is 44.8. The zero-order chi connectivity index (χ0) is 25.6. The van der Waals surface area contributed by atoms with Gasteiger partial charge in [0.2, 0.25) is 11.8 Å². The second kappa shape index (κ2) is 11.9. The summed E-state index contributed by atoms with van der Waals surface area (Å²) >= 11 is 0. The normalized spacial score (nSPS) is 31.0. The molecule has 3 saturated heterocycles. The highest BCUT2D eigenvalue weighted by Gasteiger charge is 2.79. The van der Waals surface area contributed by atoms with Crippen molar-refractivity contribution >= 4 is 17.8 Å². The number of hydrogen-bond acceptors (Lipinski definition) is 6. The number of fused-ring (bicyclic) bond motifs is 1. The lowest BCUT2D eigenvalue weighted by Gasteiger charge is -2.37. The molecule has 2 bridgehead atoms. The van der Waals surface area contributed by atoms with E-state index in [9.17, 15) is 19.5 Å². The molecule has 0 aromatic rings. The molecule has 2 unspecified atom stereocenters. The van der Waals surface area contributed by atoms with Crippen molar-refractivity contribution in [2.45, 2.75) is 95.8 Å². The average Bonchev–Trinajstić information content (AvgIpc) is 3.45. The highest BCUT2D eigenvalue weighted by atomic mass is 16.6. The van der Waals surface area contributed by atoms with Gasteiger partial charge in [0, 0.05) is 26.2 Å². The minimum Gasteiger partial charge on any atom is -0.466 e. The Hall–Kier alpha value is -1.93. The number of unbranched alkanes of at least 4 members (excludes halogenated alkanes) is 4. The van der Waals surface area contributed by atoms with E-state index in [1.807, 2.05) is 6.92 Å². The van der Waals surface area contributed by atoms with Crippen molar-refractivity contribution < 1.29 is 29.0 Å². The Morgan fingerprint density at radius 3 is 2.60 bits per heavy atom. The number of likely N-dealkylation sites (tertiary alicyclic amines) is 1. The van der Waals surface area contributed by atoms with Crippen molar-refractivity contribution in [3.8, 4) is 0 Å². The molecule has 5 atom stereocenters. The lowest BCUT2D eigenvalue weighted by molar-refractivity contribution is -0.161. The van der Waals surface area contributed by atoms with Gasteiger partial charge in [0.05, 0.1) is 18.1 Å². The topological polar surface area (TPSA) is 96.4 Å². The first-order valence-electron chi connectivity index (χ1n) is 13.5. The summed E-state index contributed by atoms with van der Waals surface area (Å²) in [5.74, 6) is -2.08. The van der Waals surface area contributed by atoms with E-state index in [1.54, 1.807) is 22.8 Å². The van der Waals surface area contributed by atoms with Crippen molar-refractivity contribution in [3.05, 3.63) is 12.7 Å². The van der Waals surface area contributed by atoms with E-state index in [4.69, 9.17) is 9.47 Å². The summed E-state index contributed by atoms with van der Waals surface area (Å²) in [6.07, 6.45) is 8.56. The van der Waals surface area contributed by atoms with Crippen LogP contribution in [0.25, 0.3) is 0 Å². The van der Waals surface area contributed by atoms with Crippen molar-refractivity contribution in [2.24, 2.45) is 11.8 Å². The summed E-state index contributed by atoms with van der Waals surface area (Å²) in [5.41, 5.74) is -1.78. The summed E-state index contributed by atoms with van der Waals surface area (Å²) in [6, 6.07) is -0.761. The second-order valence-electron chi connectivity index (χ2n) is 10.2. The third-order valence-corrected chi connectivity index (χ3v) is 8.21. The van der Waals surface area contributed by atoms with Crippen molar-refractivity contribution in [1.29, 1.82) is 0 Å². The quantitative estimate of drug-likeness (QED) is 0.214. The van der Waals surface area contributed by atoms with Crippen LogP contribution in [0, 0.1) is 11.8 Å². The summed E-state index contributed by atoms with van der Waals surface area (Å²) < 4.78 is 12.2. The maximum Gasteiger partial charge on any atom is 0.312 e. The molecule has 0 saturated carbocycles. The largest absolute Gasteiger partial charge is 0.466 e. The fourth-order valence-electron chi connectivity index (χ4n) is 6.57. The molecule has 0 aliphatic carbocycles. The van der Waals surface area contributed by atoms with Crippen LogP contribution in [-0.2, 0) is 23.9 Å². The molecular formula is C27H44N2O6. The zero-order valence-corrected chi connectivity index (χ0v) is 21.8. The Morgan fingerprint density at radius 2 is 1.97 bits per heavy atom. The number of nitrogens with zero attached hydrogens (tertiary/aromatic N) is 2. The molecule has 8 heteroatoms. The molecule has 2 amide bonds. The number of hydrogen-bond donors (Lipinski definition) is 1. The van der Waals surface area contributed by atoms with Crippen LogP contribution in [0.3, 0.4) is 0 Å². The van der Waals surface area contributed by atoms with Gasteiger partial charge in [0.1, 0.15) is 17.6 Å². The third-order valence-electron chi connectivity index (χ3n) is 8.21. The maximum absolute atomic E-state index is 14.1. The molecule has 1 spiro atoms. The van der Waals surface area contributed by atoms with Crippen LogP contribution in [-0.4, -0.2) is 82.8 Å². The average molecular weight is 493 g/mol. The van der Waals surface area contributed by atoms with Gasteiger partial charge in [-0.15, -0.1) is 6.58 Å². The smallest absolute Gasteiger partial charge is 0.312 e. The van der Waals surface area contributed by atoms with E-state index in [2.05, 4.69) is 13.5 Å². The van der Waals surface area contributed by atoms with E-state index in [1.165, 1.54) is 0 Å². The van der Waals surface area contributed by atoms with Gasteiger partial charge in [0.25, 0.3) is 0 Å². The molecule has 0 radical (unpaired) electrons. The van der Waals surface area contributed by atoms with Crippen molar-refractivity contribution in [2.75, 3.05) is 32.8 Å². The van der Waals surface area contributed by atoms with Gasteiger partial charge >= 0.3 is 5.97 Å². The minimum absolute atomic E-state index is 0.0977. The molecule has 198 valence electrons. The number of carbonyl (C=O) groups excluding carboxylic acids is 3. The number of ether oxygens (including phenoxy) is 2. The molecule has 8 nitrogen and oxygen atoms in total. The minimum atomic E-state index is -1.01. The number of amides is 2. The van der Waals surface area contributed by atoms with Crippen LogP contribution in [0.2, 0.25) is 0 Å². The van der Waals surface area contributed by atoms with Gasteiger partial charge in [-0.1, -0.05) is 32.8 Å². The van der Waals surface area contributed by atoms with Crippen LogP contribution < -0.4 is 0 Å². The van der Waals surface area contributed by atoms with E-state index in [0.717, 1.165) is 25.7 Å². The molecular weight excluding hydrogens is 448 g/mol. The standard InChI is InChI=1S/C27H44N2O6/c1-5-9-11-17-28(16-6-2)24(32)22-27-15-14-26(7-3,35-27)21(25(33)34-8-4)20(27)23(31)29(22)18-12-10-13-19-30/h6,20-22,30H,2,5,7-19H2,1,3-4H3/t20-,21+,22?,26-,27?/m0/s1. The number of esters is 1. The number of aliphatic hydroxyl groups excluding tert-OH is 1. The number of aliphatic hydroxyl groups is 1. The maximum atomic E-state index is 14.1. The first-order valence-corrected chi connectivity index (χ1v) is 13.5. The first-order chi connectivity index (χ1) is 16.9. The van der Waals surface area contributed by atoms with Crippen molar-refractivity contribution in [1.82, 2.24) is 9.80 Å². The van der Waals surface area contributed by atoms with E-state index < -0.39 is 35.0 Å². The van der Waals surface area contributed by atoms with Gasteiger partial charge in [-0.25, -0.2) is 0 Å². The third kappa shape index (κ3) is 4.88. The number of carbonyl (C=O) groups is 3. The second-order valence-corrected chi connectivity index (χ2v) is 10.2. The van der Waals surface area contributed by atoms with Gasteiger partial charge in [0.15, 0.2) is 0 Å². The van der Waals surface area contributed by atoms with Gasteiger partial charge < -0.3 is 24.4 Å². The molecule has 0 aromatic carbocycles. The van der Waals surface area contributed by atoms with Crippen LogP contribution in [0.5, 0.6) is 0 Å². The van der Waals surface area contributed by atoms with Gasteiger partial charge in [-0.3, -0.25) is 14.4 Å². The summed E-state index contributed by atoms with van der Waals surface area (Å²) in [6.45, 7) is 11.5. The SMILES string of the molecule is C=CCN(CCCCC)C(=O)C1N(CCCCCO)C(=O)[C@@H]2[C@H](C(=O)OCC)[C@]3(CC)CCC12O3. The molecule has 3 aliphatic rings. The molecule has 0 aromatic heterocycles. The molecule has 35 heavy (non-hydrogen) atoms. The lowest BCUT2D eigenvalue weighted by Crippen LogP contribution is -2.56. The Morgan fingerprint density at radius 1 is 1.20 bits per heavy atom. The Kier molecular flexibility index (Phi) is 9.38. The van der Waals surface area contributed by atoms with Crippen LogP contribution in [0.15, 0.2) is 12.7 Å². The molecule has 1 N–H and O–H groups in total. The van der Waals surface area contributed by atoms with Gasteiger partial charge in [-0.2, -0.15) is 0 Å². The monoisotopic (exact) mass is 492 g/mol. The van der Waals surface area contributed by atoms with Gasteiger partial charge in [-0.05, 0) is 51.9 Å². The molecule has 3 heterocycles. The fourth-order valence-corrected chi connectivity index (χ4v) is 6.57. The first kappa shape index (κ1) is 27.7. The highest BCUT2D eigenvalue weighted by molar-refractivity contribution is 5.98. The lowest BCUT2D eigenvalue weighted by atomic mass is 9.65.